The summed E-state index contributed by atoms with van der Waals surface area (Å²) in [4.78, 5) is 11.9. The van der Waals surface area contributed by atoms with Crippen molar-refractivity contribution >= 4 is 5.91 Å². The molecule has 4 atom stereocenters. The van der Waals surface area contributed by atoms with E-state index in [4.69, 9.17) is 0 Å². The molecule has 0 aliphatic heterocycles. The molecule has 2 heteroatoms. The van der Waals surface area contributed by atoms with Gasteiger partial charge in [-0.3, -0.25) is 4.79 Å². The van der Waals surface area contributed by atoms with Gasteiger partial charge in [0.05, 0.1) is 0 Å². The van der Waals surface area contributed by atoms with E-state index in [-0.39, 0.29) is 11.3 Å². The topological polar surface area (TPSA) is 29.1 Å². The molecule has 1 amide bonds. The quantitative estimate of drug-likeness (QED) is 0.766. The van der Waals surface area contributed by atoms with Crippen LogP contribution in [-0.4, -0.2) is 11.9 Å². The molecule has 0 unspecified atom stereocenters. The zero-order chi connectivity index (χ0) is 11.9. The van der Waals surface area contributed by atoms with Gasteiger partial charge in [-0.25, -0.2) is 0 Å². The zero-order valence-corrected chi connectivity index (χ0v) is 11.0. The molecule has 0 spiro atoms. The van der Waals surface area contributed by atoms with Crippen molar-refractivity contribution in [3.63, 3.8) is 0 Å². The number of carbonyl (C=O) groups excluding carboxylic acids is 1. The Morgan fingerprint density at radius 3 is 2.38 bits per heavy atom. The van der Waals surface area contributed by atoms with Gasteiger partial charge in [-0.2, -0.15) is 0 Å². The molecule has 2 rings (SSSR count). The van der Waals surface area contributed by atoms with E-state index in [1.165, 1.54) is 25.7 Å². The lowest BCUT2D eigenvalue weighted by Crippen LogP contribution is -2.44. The van der Waals surface area contributed by atoms with Crippen molar-refractivity contribution < 1.29 is 4.79 Å². The van der Waals surface area contributed by atoms with Gasteiger partial charge in [-0.15, -0.1) is 0 Å². The number of hydrogen-bond donors (Lipinski definition) is 1. The molecule has 0 radical (unpaired) electrons. The van der Waals surface area contributed by atoms with E-state index in [0.29, 0.717) is 6.04 Å². The predicted octanol–water partition coefficient (Wildman–Crippen LogP) is 2.97. The van der Waals surface area contributed by atoms with Gasteiger partial charge >= 0.3 is 0 Å². The van der Waals surface area contributed by atoms with Crippen molar-refractivity contribution in [1.82, 2.24) is 5.32 Å². The third-order valence-corrected chi connectivity index (χ3v) is 4.47. The monoisotopic (exact) mass is 223 g/mol. The third-order valence-electron chi connectivity index (χ3n) is 4.47. The van der Waals surface area contributed by atoms with Gasteiger partial charge in [-0.1, -0.05) is 27.2 Å². The Morgan fingerprint density at radius 2 is 1.94 bits per heavy atom. The fourth-order valence-electron chi connectivity index (χ4n) is 3.44. The summed E-state index contributed by atoms with van der Waals surface area (Å²) in [7, 11) is 0. The zero-order valence-electron chi connectivity index (χ0n) is 11.0. The van der Waals surface area contributed by atoms with Gasteiger partial charge in [0.2, 0.25) is 5.91 Å². The molecule has 0 aromatic carbocycles. The number of carbonyl (C=O) groups is 1. The summed E-state index contributed by atoms with van der Waals surface area (Å²) in [6, 6.07) is 0.363. The number of hydrogen-bond acceptors (Lipinski definition) is 1. The van der Waals surface area contributed by atoms with Crippen LogP contribution in [0.2, 0.25) is 0 Å². The molecule has 2 aliphatic rings. The standard InChI is InChI=1S/C14H25NO/c1-9(15-13(16)14(2,3)4)12-8-10-5-6-11(12)7-10/h9-12H,5-8H2,1-4H3,(H,15,16)/t9-,10-,11-,12+/m0/s1. The minimum Gasteiger partial charge on any atom is -0.353 e. The molecule has 92 valence electrons. The Labute approximate surface area is 99.2 Å². The van der Waals surface area contributed by atoms with Crippen LogP contribution >= 0.6 is 0 Å². The second-order valence-electron chi connectivity index (χ2n) is 6.85. The van der Waals surface area contributed by atoms with E-state index in [9.17, 15) is 4.79 Å². The van der Waals surface area contributed by atoms with Crippen molar-refractivity contribution in [2.45, 2.75) is 59.4 Å². The summed E-state index contributed by atoms with van der Waals surface area (Å²) in [6.07, 6.45) is 5.59. The smallest absolute Gasteiger partial charge is 0.225 e. The first kappa shape index (κ1) is 11.9. The molecule has 1 N–H and O–H groups in total. The lowest BCUT2D eigenvalue weighted by Gasteiger charge is -2.30. The average Bonchev–Trinajstić information content (AvgIpc) is 2.76. The molecule has 0 aromatic heterocycles. The summed E-state index contributed by atoms with van der Waals surface area (Å²) in [5.41, 5.74) is -0.258. The Kier molecular flexibility index (Phi) is 3.02. The van der Waals surface area contributed by atoms with Crippen LogP contribution in [0.3, 0.4) is 0 Å². The highest BCUT2D eigenvalue weighted by Gasteiger charge is 2.42. The lowest BCUT2D eigenvalue weighted by atomic mass is 9.83. The van der Waals surface area contributed by atoms with Crippen molar-refractivity contribution in [3.05, 3.63) is 0 Å². The Balaban J connectivity index is 1.89. The minimum absolute atomic E-state index is 0.197. The van der Waals surface area contributed by atoms with Gasteiger partial charge in [0.1, 0.15) is 0 Å². The van der Waals surface area contributed by atoms with Crippen LogP contribution in [0.25, 0.3) is 0 Å². The Hall–Kier alpha value is -0.530. The fraction of sp³-hybridized carbons (Fsp3) is 0.929. The maximum Gasteiger partial charge on any atom is 0.225 e. The summed E-state index contributed by atoms with van der Waals surface area (Å²) in [5, 5.41) is 3.21. The van der Waals surface area contributed by atoms with Crippen LogP contribution in [0.1, 0.15) is 53.4 Å². The highest BCUT2D eigenvalue weighted by atomic mass is 16.2. The van der Waals surface area contributed by atoms with Gasteiger partial charge in [0.15, 0.2) is 0 Å². The van der Waals surface area contributed by atoms with E-state index in [1.54, 1.807) is 0 Å². The fourth-order valence-corrected chi connectivity index (χ4v) is 3.44. The molecular formula is C14H25NO. The van der Waals surface area contributed by atoms with Crippen LogP contribution in [0.15, 0.2) is 0 Å². The summed E-state index contributed by atoms with van der Waals surface area (Å²) in [5.74, 6) is 2.79. The second kappa shape index (κ2) is 4.05. The van der Waals surface area contributed by atoms with Crippen LogP contribution in [0, 0.1) is 23.2 Å². The van der Waals surface area contributed by atoms with Gasteiger partial charge in [-0.05, 0) is 43.9 Å². The highest BCUT2D eigenvalue weighted by molar-refractivity contribution is 5.81. The van der Waals surface area contributed by atoms with E-state index in [0.717, 1.165) is 17.8 Å². The van der Waals surface area contributed by atoms with E-state index < -0.39 is 0 Å². The van der Waals surface area contributed by atoms with Crippen molar-refractivity contribution in [2.24, 2.45) is 23.2 Å². The van der Waals surface area contributed by atoms with Crippen molar-refractivity contribution in [3.8, 4) is 0 Å². The van der Waals surface area contributed by atoms with Crippen molar-refractivity contribution in [1.29, 1.82) is 0 Å². The number of rotatable bonds is 2. The number of nitrogens with one attached hydrogen (secondary N) is 1. The third kappa shape index (κ3) is 2.26. The molecule has 0 heterocycles. The number of amides is 1. The van der Waals surface area contributed by atoms with E-state index in [2.05, 4.69) is 12.2 Å². The molecule has 2 fully saturated rings. The molecule has 0 aromatic rings. The molecular weight excluding hydrogens is 198 g/mol. The lowest BCUT2D eigenvalue weighted by molar-refractivity contribution is -0.129. The Bertz CT molecular complexity index is 279. The van der Waals surface area contributed by atoms with E-state index >= 15 is 0 Å². The normalized spacial score (nSPS) is 35.1. The maximum absolute atomic E-state index is 11.9. The first-order valence-corrected chi connectivity index (χ1v) is 6.69. The SMILES string of the molecule is C[C@H](NC(=O)C(C)(C)C)[C@H]1C[C@H]2CC[C@H]1C2. The largest absolute Gasteiger partial charge is 0.353 e. The van der Waals surface area contributed by atoms with E-state index in [1.807, 2.05) is 20.8 Å². The van der Waals surface area contributed by atoms with Gasteiger partial charge in [0, 0.05) is 11.5 Å². The summed E-state index contributed by atoms with van der Waals surface area (Å²) >= 11 is 0. The van der Waals surface area contributed by atoms with Crippen LogP contribution in [0.5, 0.6) is 0 Å². The minimum atomic E-state index is -0.258. The van der Waals surface area contributed by atoms with Gasteiger partial charge < -0.3 is 5.32 Å². The average molecular weight is 223 g/mol. The first-order valence-electron chi connectivity index (χ1n) is 6.69. The number of fused-ring (bicyclic) bond motifs is 2. The molecule has 2 bridgehead atoms. The van der Waals surface area contributed by atoms with Crippen LogP contribution < -0.4 is 5.32 Å². The molecule has 2 aliphatic carbocycles. The first-order chi connectivity index (χ1) is 7.38. The van der Waals surface area contributed by atoms with Crippen molar-refractivity contribution in [2.75, 3.05) is 0 Å². The highest BCUT2D eigenvalue weighted by Crippen LogP contribution is 2.49. The summed E-state index contributed by atoms with van der Waals surface area (Å²) in [6.45, 7) is 8.14. The molecule has 2 nitrogen and oxygen atoms in total. The summed E-state index contributed by atoms with van der Waals surface area (Å²) < 4.78 is 0. The van der Waals surface area contributed by atoms with Gasteiger partial charge in [0.25, 0.3) is 0 Å². The molecule has 16 heavy (non-hydrogen) atoms. The molecule has 2 saturated carbocycles. The Morgan fingerprint density at radius 1 is 1.25 bits per heavy atom. The molecule has 0 saturated heterocycles. The predicted molar refractivity (Wildman–Crippen MR) is 66.0 cm³/mol. The van der Waals surface area contributed by atoms with Crippen LogP contribution in [-0.2, 0) is 4.79 Å². The van der Waals surface area contributed by atoms with Crippen LogP contribution in [0.4, 0.5) is 0 Å². The maximum atomic E-state index is 11.9. The second-order valence-corrected chi connectivity index (χ2v) is 6.85.